The molecule has 0 atom stereocenters. The SMILES string of the molecule is O=C(Nc1cccc(Br)c1)c1ncc[nH]1. The van der Waals surface area contributed by atoms with Crippen molar-refractivity contribution in [1.82, 2.24) is 9.97 Å². The number of nitrogens with one attached hydrogen (secondary N) is 2. The van der Waals surface area contributed by atoms with Gasteiger partial charge in [-0.15, -0.1) is 0 Å². The van der Waals surface area contributed by atoms with Crippen molar-refractivity contribution in [3.05, 3.63) is 47.0 Å². The predicted molar refractivity (Wildman–Crippen MR) is 60.7 cm³/mol. The van der Waals surface area contributed by atoms with Crippen molar-refractivity contribution in [2.24, 2.45) is 0 Å². The highest BCUT2D eigenvalue weighted by Crippen LogP contribution is 2.15. The second-order valence-corrected chi connectivity index (χ2v) is 3.82. The summed E-state index contributed by atoms with van der Waals surface area (Å²) >= 11 is 3.33. The smallest absolute Gasteiger partial charge is 0.291 e. The molecule has 0 saturated heterocycles. The molecule has 2 N–H and O–H groups in total. The molecule has 0 aliphatic heterocycles. The Bertz CT molecular complexity index is 467. The summed E-state index contributed by atoms with van der Waals surface area (Å²) in [5, 5.41) is 2.72. The van der Waals surface area contributed by atoms with Crippen LogP contribution in [-0.2, 0) is 0 Å². The number of imidazole rings is 1. The lowest BCUT2D eigenvalue weighted by Gasteiger charge is -2.02. The highest BCUT2D eigenvalue weighted by Gasteiger charge is 2.07. The second-order valence-electron chi connectivity index (χ2n) is 2.90. The molecule has 76 valence electrons. The number of H-pyrrole nitrogens is 1. The molecule has 1 aromatic heterocycles. The number of hydrogen-bond donors (Lipinski definition) is 2. The summed E-state index contributed by atoms with van der Waals surface area (Å²) in [6.45, 7) is 0. The molecule has 4 nitrogen and oxygen atoms in total. The molecule has 2 rings (SSSR count). The Labute approximate surface area is 94.9 Å². The molecule has 2 aromatic rings. The largest absolute Gasteiger partial charge is 0.341 e. The van der Waals surface area contributed by atoms with Crippen LogP contribution in [-0.4, -0.2) is 15.9 Å². The van der Waals surface area contributed by atoms with Gasteiger partial charge in [-0.2, -0.15) is 0 Å². The molecule has 0 saturated carbocycles. The second kappa shape index (κ2) is 4.27. The average molecular weight is 266 g/mol. The van der Waals surface area contributed by atoms with E-state index in [0.29, 0.717) is 5.82 Å². The van der Waals surface area contributed by atoms with Crippen molar-refractivity contribution in [2.45, 2.75) is 0 Å². The van der Waals surface area contributed by atoms with Gasteiger partial charge in [0.25, 0.3) is 5.91 Å². The number of anilines is 1. The minimum Gasteiger partial charge on any atom is -0.341 e. The summed E-state index contributed by atoms with van der Waals surface area (Å²) in [6.07, 6.45) is 3.14. The van der Waals surface area contributed by atoms with Gasteiger partial charge in [-0.1, -0.05) is 22.0 Å². The van der Waals surface area contributed by atoms with Crippen molar-refractivity contribution in [3.63, 3.8) is 0 Å². The Morgan fingerprint density at radius 3 is 3.00 bits per heavy atom. The average Bonchev–Trinajstić information content (AvgIpc) is 2.70. The molecule has 0 aliphatic carbocycles. The van der Waals surface area contributed by atoms with Crippen LogP contribution in [0.15, 0.2) is 41.1 Å². The van der Waals surface area contributed by atoms with Gasteiger partial charge < -0.3 is 10.3 Å². The molecule has 0 radical (unpaired) electrons. The fraction of sp³-hybridized carbons (Fsp3) is 0. The number of aromatic nitrogens is 2. The molecular weight excluding hydrogens is 258 g/mol. The summed E-state index contributed by atoms with van der Waals surface area (Å²) in [6, 6.07) is 7.37. The molecule has 5 heteroatoms. The quantitative estimate of drug-likeness (QED) is 0.877. The third kappa shape index (κ3) is 2.44. The lowest BCUT2D eigenvalue weighted by molar-refractivity contribution is 0.101. The number of amides is 1. The van der Waals surface area contributed by atoms with E-state index in [2.05, 4.69) is 31.2 Å². The summed E-state index contributed by atoms with van der Waals surface area (Å²) < 4.78 is 0.916. The first-order valence-corrected chi connectivity index (χ1v) is 5.11. The van der Waals surface area contributed by atoms with Crippen LogP contribution >= 0.6 is 15.9 Å². The third-order valence-corrected chi connectivity index (χ3v) is 2.29. The van der Waals surface area contributed by atoms with Crippen LogP contribution in [0.4, 0.5) is 5.69 Å². The van der Waals surface area contributed by atoms with E-state index in [1.54, 1.807) is 6.20 Å². The Morgan fingerprint density at radius 1 is 1.47 bits per heavy atom. The van der Waals surface area contributed by atoms with Crippen LogP contribution in [0.1, 0.15) is 10.6 Å². The molecule has 0 aliphatic rings. The monoisotopic (exact) mass is 265 g/mol. The van der Waals surface area contributed by atoms with Crippen molar-refractivity contribution >= 4 is 27.5 Å². The Hall–Kier alpha value is -1.62. The highest BCUT2D eigenvalue weighted by atomic mass is 79.9. The fourth-order valence-electron chi connectivity index (χ4n) is 1.15. The van der Waals surface area contributed by atoms with Crippen LogP contribution in [0.25, 0.3) is 0 Å². The molecule has 1 heterocycles. The van der Waals surface area contributed by atoms with Crippen molar-refractivity contribution in [1.29, 1.82) is 0 Å². The standard InChI is InChI=1S/C10H8BrN3O/c11-7-2-1-3-8(6-7)14-10(15)9-12-4-5-13-9/h1-6H,(H,12,13)(H,14,15). The van der Waals surface area contributed by atoms with Crippen molar-refractivity contribution in [3.8, 4) is 0 Å². The van der Waals surface area contributed by atoms with Crippen LogP contribution in [0, 0.1) is 0 Å². The zero-order valence-electron chi connectivity index (χ0n) is 7.70. The summed E-state index contributed by atoms with van der Waals surface area (Å²) in [7, 11) is 0. The molecular formula is C10H8BrN3O. The van der Waals surface area contributed by atoms with E-state index in [1.165, 1.54) is 6.20 Å². The summed E-state index contributed by atoms with van der Waals surface area (Å²) in [5.41, 5.74) is 0.728. The first-order chi connectivity index (χ1) is 7.25. The molecule has 0 spiro atoms. The third-order valence-electron chi connectivity index (χ3n) is 1.80. The maximum Gasteiger partial charge on any atom is 0.291 e. The van der Waals surface area contributed by atoms with Crippen LogP contribution in [0.2, 0.25) is 0 Å². The van der Waals surface area contributed by atoms with E-state index < -0.39 is 0 Å². The topological polar surface area (TPSA) is 57.8 Å². The zero-order chi connectivity index (χ0) is 10.7. The molecule has 15 heavy (non-hydrogen) atoms. The Morgan fingerprint density at radius 2 is 2.33 bits per heavy atom. The number of benzene rings is 1. The Balaban J connectivity index is 2.13. The minimum atomic E-state index is -0.252. The van der Waals surface area contributed by atoms with E-state index in [9.17, 15) is 4.79 Å². The molecule has 1 aromatic carbocycles. The number of aromatic amines is 1. The maximum absolute atomic E-state index is 11.6. The van der Waals surface area contributed by atoms with Crippen molar-refractivity contribution < 1.29 is 4.79 Å². The molecule has 1 amide bonds. The number of hydrogen-bond acceptors (Lipinski definition) is 2. The minimum absolute atomic E-state index is 0.252. The van der Waals surface area contributed by atoms with Crippen LogP contribution < -0.4 is 5.32 Å². The fourth-order valence-corrected chi connectivity index (χ4v) is 1.55. The number of carbonyl (C=O) groups is 1. The maximum atomic E-state index is 11.6. The summed E-state index contributed by atoms with van der Waals surface area (Å²) in [5.74, 6) is 0.0491. The van der Waals surface area contributed by atoms with E-state index in [1.807, 2.05) is 24.3 Å². The van der Waals surface area contributed by atoms with Gasteiger partial charge in [-0.3, -0.25) is 4.79 Å². The number of halogens is 1. The van der Waals surface area contributed by atoms with Gasteiger partial charge in [0.05, 0.1) is 0 Å². The first-order valence-electron chi connectivity index (χ1n) is 4.32. The van der Waals surface area contributed by atoms with Crippen molar-refractivity contribution in [2.75, 3.05) is 5.32 Å². The molecule has 0 fully saturated rings. The number of carbonyl (C=O) groups excluding carboxylic acids is 1. The van der Waals surface area contributed by atoms with Gasteiger partial charge in [-0.25, -0.2) is 4.98 Å². The Kier molecular flexibility index (Phi) is 2.82. The first kappa shape index (κ1) is 9.92. The number of rotatable bonds is 2. The zero-order valence-corrected chi connectivity index (χ0v) is 9.28. The normalized spacial score (nSPS) is 9.93. The summed E-state index contributed by atoms with van der Waals surface area (Å²) in [4.78, 5) is 18.2. The molecule has 0 bridgehead atoms. The van der Waals surface area contributed by atoms with Gasteiger partial charge in [0.2, 0.25) is 0 Å². The van der Waals surface area contributed by atoms with Gasteiger partial charge >= 0.3 is 0 Å². The predicted octanol–water partition coefficient (Wildman–Crippen LogP) is 2.42. The van der Waals surface area contributed by atoms with Gasteiger partial charge in [0.1, 0.15) is 0 Å². The van der Waals surface area contributed by atoms with Gasteiger partial charge in [-0.05, 0) is 18.2 Å². The van der Waals surface area contributed by atoms with Gasteiger partial charge in [0, 0.05) is 22.6 Å². The lowest BCUT2D eigenvalue weighted by Crippen LogP contribution is -2.13. The van der Waals surface area contributed by atoms with Crippen LogP contribution in [0.3, 0.4) is 0 Å². The van der Waals surface area contributed by atoms with E-state index in [0.717, 1.165) is 10.2 Å². The number of nitrogens with zero attached hydrogens (tertiary/aromatic N) is 1. The van der Waals surface area contributed by atoms with Gasteiger partial charge in [0.15, 0.2) is 5.82 Å². The van der Waals surface area contributed by atoms with Crippen LogP contribution in [0.5, 0.6) is 0 Å². The van der Waals surface area contributed by atoms with E-state index in [4.69, 9.17) is 0 Å². The molecule has 0 unspecified atom stereocenters. The highest BCUT2D eigenvalue weighted by molar-refractivity contribution is 9.10. The lowest BCUT2D eigenvalue weighted by atomic mass is 10.3. The van der Waals surface area contributed by atoms with E-state index >= 15 is 0 Å². The van der Waals surface area contributed by atoms with E-state index in [-0.39, 0.29) is 5.91 Å².